The molecule has 5 rings (SSSR count). The zero-order valence-corrected chi connectivity index (χ0v) is 20.1. The molecule has 184 valence electrons. The van der Waals surface area contributed by atoms with Crippen LogP contribution in [-0.2, 0) is 4.79 Å². The molecule has 2 heterocycles. The smallest absolute Gasteiger partial charge is 0.350 e. The van der Waals surface area contributed by atoms with Gasteiger partial charge < -0.3 is 10.0 Å². The Morgan fingerprint density at radius 3 is 1.94 bits per heavy atom. The van der Waals surface area contributed by atoms with E-state index in [9.17, 15) is 14.7 Å². The maximum Gasteiger partial charge on any atom is 0.350 e. The molecule has 0 amide bonds. The Balaban J connectivity index is 1.27. The minimum atomic E-state index is -0.827. The molecule has 1 aromatic heterocycles. The van der Waals surface area contributed by atoms with Crippen LogP contribution in [0.5, 0.6) is 0 Å². The van der Waals surface area contributed by atoms with E-state index in [-0.39, 0.29) is 11.7 Å². The lowest BCUT2D eigenvalue weighted by molar-refractivity contribution is -0.143. The highest BCUT2D eigenvalue weighted by Crippen LogP contribution is 2.25. The monoisotopic (exact) mass is 483 g/mol. The summed E-state index contributed by atoms with van der Waals surface area (Å²) in [5, 5.41) is 14.2. The first kappa shape index (κ1) is 23.6. The van der Waals surface area contributed by atoms with Crippen molar-refractivity contribution in [3.8, 4) is 5.69 Å². The van der Waals surface area contributed by atoms with Crippen LogP contribution in [0.4, 0.5) is 5.69 Å². The third-order valence-corrected chi connectivity index (χ3v) is 6.86. The van der Waals surface area contributed by atoms with E-state index in [2.05, 4.69) is 10.00 Å². The molecule has 2 atom stereocenters. The van der Waals surface area contributed by atoms with Crippen LogP contribution in [0.15, 0.2) is 96.1 Å². The average Bonchev–Trinajstić information content (AvgIpc) is 3.31. The number of piperazine rings is 1. The third-order valence-electron chi connectivity index (χ3n) is 6.86. The molecule has 0 aliphatic carbocycles. The van der Waals surface area contributed by atoms with Crippen molar-refractivity contribution < 1.29 is 9.90 Å². The largest absolute Gasteiger partial charge is 0.480 e. The zero-order chi connectivity index (χ0) is 25.1. The summed E-state index contributed by atoms with van der Waals surface area (Å²) >= 11 is 0. The molecule has 1 fully saturated rings. The van der Waals surface area contributed by atoms with Gasteiger partial charge in [-0.05, 0) is 42.3 Å². The second-order valence-electron chi connectivity index (χ2n) is 9.01. The Kier molecular flexibility index (Phi) is 6.69. The maximum atomic E-state index is 13.0. The van der Waals surface area contributed by atoms with Crippen molar-refractivity contribution in [1.29, 1.82) is 0 Å². The molecule has 0 spiro atoms. The average molecular weight is 484 g/mol. The molecule has 0 bridgehead atoms. The van der Waals surface area contributed by atoms with E-state index in [0.717, 1.165) is 35.6 Å². The van der Waals surface area contributed by atoms with Gasteiger partial charge in [0.15, 0.2) is 0 Å². The van der Waals surface area contributed by atoms with Crippen LogP contribution in [0.25, 0.3) is 5.69 Å². The van der Waals surface area contributed by atoms with Gasteiger partial charge in [-0.15, -0.1) is 0 Å². The number of carbonyl (C=O) groups is 1. The fourth-order valence-corrected chi connectivity index (χ4v) is 4.84. The molecule has 1 aliphatic rings. The van der Waals surface area contributed by atoms with E-state index in [1.54, 1.807) is 10.9 Å². The van der Waals surface area contributed by atoms with Crippen LogP contribution >= 0.6 is 0 Å². The minimum Gasteiger partial charge on any atom is -0.480 e. The predicted octanol–water partition coefficient (Wildman–Crippen LogP) is 3.59. The number of hydrogen-bond donors (Lipinski definition) is 1. The molecular weight excluding hydrogens is 454 g/mol. The van der Waals surface area contributed by atoms with Crippen molar-refractivity contribution >= 4 is 11.7 Å². The van der Waals surface area contributed by atoms with Gasteiger partial charge in [0.1, 0.15) is 12.4 Å². The molecule has 1 N–H and O–H groups in total. The van der Waals surface area contributed by atoms with Gasteiger partial charge in [-0.2, -0.15) is 5.10 Å². The van der Waals surface area contributed by atoms with Crippen molar-refractivity contribution in [2.45, 2.75) is 19.0 Å². The number of rotatable bonds is 7. The van der Waals surface area contributed by atoms with Crippen LogP contribution in [0.3, 0.4) is 0 Å². The van der Waals surface area contributed by atoms with Crippen molar-refractivity contribution in [2.75, 3.05) is 31.1 Å². The van der Waals surface area contributed by atoms with Crippen molar-refractivity contribution in [3.63, 3.8) is 0 Å². The molecule has 0 unspecified atom stereocenters. The normalized spacial score (nSPS) is 16.0. The summed E-state index contributed by atoms with van der Waals surface area (Å²) in [6, 6.07) is 26.3. The summed E-state index contributed by atoms with van der Waals surface area (Å²) in [5.74, 6) is -0.827. The lowest BCUT2D eigenvalue weighted by atomic mass is 10.0. The second kappa shape index (κ2) is 10.2. The third kappa shape index (κ3) is 4.67. The summed E-state index contributed by atoms with van der Waals surface area (Å²) in [6.07, 6.45) is 1.56. The summed E-state index contributed by atoms with van der Waals surface area (Å²) in [6.45, 7) is 4.71. The molecule has 3 aromatic carbocycles. The number of carboxylic acids is 1. The van der Waals surface area contributed by atoms with E-state index in [0.29, 0.717) is 13.1 Å². The topological polar surface area (TPSA) is 83.6 Å². The first-order chi connectivity index (χ1) is 17.5. The molecule has 0 radical (unpaired) electrons. The Labute approximate surface area is 209 Å². The van der Waals surface area contributed by atoms with E-state index in [1.807, 2.05) is 96.8 Å². The maximum absolute atomic E-state index is 13.0. The fraction of sp³-hybridized carbons (Fsp3) is 0.250. The predicted molar refractivity (Wildman–Crippen MR) is 139 cm³/mol. The number of nitrogens with zero attached hydrogens (tertiary/aromatic N) is 5. The van der Waals surface area contributed by atoms with E-state index in [4.69, 9.17) is 0 Å². The SMILES string of the molecule is C[C@@H](c1ccccc1)n1ncn(-c2ccc(N3CCN([C@H](C(=O)O)c4ccccc4)CC3)cc2)c1=O. The molecule has 8 heteroatoms. The van der Waals surface area contributed by atoms with Gasteiger partial charge in [-0.1, -0.05) is 60.7 Å². The van der Waals surface area contributed by atoms with E-state index >= 15 is 0 Å². The van der Waals surface area contributed by atoms with E-state index < -0.39 is 12.0 Å². The first-order valence-electron chi connectivity index (χ1n) is 12.1. The molecule has 1 aliphatic heterocycles. The van der Waals surface area contributed by atoms with Crippen molar-refractivity contribution in [1.82, 2.24) is 19.2 Å². The molecule has 0 saturated carbocycles. The Morgan fingerprint density at radius 1 is 0.806 bits per heavy atom. The van der Waals surface area contributed by atoms with Crippen LogP contribution in [0, 0.1) is 0 Å². The number of carboxylic acid groups (broad SMARTS) is 1. The zero-order valence-electron chi connectivity index (χ0n) is 20.1. The highest BCUT2D eigenvalue weighted by molar-refractivity contribution is 5.75. The molecule has 1 saturated heterocycles. The Hall–Kier alpha value is -4.17. The van der Waals surface area contributed by atoms with Crippen LogP contribution in [0.1, 0.15) is 30.1 Å². The summed E-state index contributed by atoms with van der Waals surface area (Å²) in [7, 11) is 0. The molecule has 4 aromatic rings. The number of benzene rings is 3. The van der Waals surface area contributed by atoms with Gasteiger partial charge in [0.25, 0.3) is 0 Å². The number of anilines is 1. The van der Waals surface area contributed by atoms with Gasteiger partial charge >= 0.3 is 11.7 Å². The second-order valence-corrected chi connectivity index (χ2v) is 9.01. The van der Waals surface area contributed by atoms with Crippen molar-refractivity contribution in [2.24, 2.45) is 0 Å². The lowest BCUT2D eigenvalue weighted by Gasteiger charge is -2.39. The van der Waals surface area contributed by atoms with Crippen LogP contribution in [-0.4, -0.2) is 56.5 Å². The Morgan fingerprint density at radius 2 is 1.36 bits per heavy atom. The highest BCUT2D eigenvalue weighted by Gasteiger charge is 2.30. The number of aliphatic carboxylic acids is 1. The van der Waals surface area contributed by atoms with Gasteiger partial charge in [-0.3, -0.25) is 9.69 Å². The van der Waals surface area contributed by atoms with Crippen LogP contribution < -0.4 is 10.6 Å². The van der Waals surface area contributed by atoms with Gasteiger partial charge in [-0.25, -0.2) is 14.0 Å². The number of hydrogen-bond acceptors (Lipinski definition) is 5. The molecular formula is C28H29N5O3. The standard InChI is InChI=1S/C28H29N5O3/c1-21(22-8-4-2-5-9-22)33-28(36)32(20-29-33)25-14-12-24(13-15-25)30-16-18-31(19-17-30)26(27(34)35)23-10-6-3-7-11-23/h2-15,20-21,26H,16-19H2,1H3,(H,34,35)/t21-,26-/m0/s1. The van der Waals surface area contributed by atoms with Gasteiger partial charge in [0.2, 0.25) is 0 Å². The van der Waals surface area contributed by atoms with E-state index in [1.165, 1.54) is 4.68 Å². The molecule has 8 nitrogen and oxygen atoms in total. The summed E-state index contributed by atoms with van der Waals surface area (Å²) in [5.41, 5.74) is 3.44. The van der Waals surface area contributed by atoms with Crippen LogP contribution in [0.2, 0.25) is 0 Å². The van der Waals surface area contributed by atoms with Crippen molar-refractivity contribution in [3.05, 3.63) is 113 Å². The van der Waals surface area contributed by atoms with Gasteiger partial charge in [0, 0.05) is 31.9 Å². The quantitative estimate of drug-likeness (QED) is 0.433. The minimum absolute atomic E-state index is 0.166. The van der Waals surface area contributed by atoms with Gasteiger partial charge in [0.05, 0.1) is 11.7 Å². The first-order valence-corrected chi connectivity index (χ1v) is 12.1. The Bertz CT molecular complexity index is 1360. The summed E-state index contributed by atoms with van der Waals surface area (Å²) < 4.78 is 3.05. The summed E-state index contributed by atoms with van der Waals surface area (Å²) in [4.78, 5) is 29.3. The fourth-order valence-electron chi connectivity index (χ4n) is 4.84. The lowest BCUT2D eigenvalue weighted by Crippen LogP contribution is -2.49. The number of aromatic nitrogens is 3. The highest BCUT2D eigenvalue weighted by atomic mass is 16.4. The molecule has 36 heavy (non-hydrogen) atoms.